The van der Waals surface area contributed by atoms with E-state index in [2.05, 4.69) is 10.1 Å². The summed E-state index contributed by atoms with van der Waals surface area (Å²) in [6.45, 7) is 1.76. The topological polar surface area (TPSA) is 64.9 Å². The van der Waals surface area contributed by atoms with Gasteiger partial charge in [-0.3, -0.25) is 0 Å². The van der Waals surface area contributed by atoms with Crippen molar-refractivity contribution >= 4 is 0 Å². The maximum absolute atomic E-state index is 5.96. The molecule has 0 bridgehead atoms. The lowest BCUT2D eigenvalue weighted by Gasteiger charge is -2.06. The average molecular weight is 203 g/mol. The zero-order valence-corrected chi connectivity index (χ0v) is 8.55. The standard InChI is InChI=1S/C11H13N3O/c1-8-13-11(14-15-8)10(12)7-9-5-3-2-4-6-9/h2-6,10H,7,12H2,1H3/t10-/m0/s1. The smallest absolute Gasteiger partial charge is 0.223 e. The highest BCUT2D eigenvalue weighted by Crippen LogP contribution is 2.12. The van der Waals surface area contributed by atoms with E-state index in [0.29, 0.717) is 11.7 Å². The molecule has 1 aromatic carbocycles. The highest BCUT2D eigenvalue weighted by atomic mass is 16.5. The average Bonchev–Trinajstić information content (AvgIpc) is 2.66. The number of hydrogen-bond acceptors (Lipinski definition) is 4. The molecule has 0 amide bonds. The first-order valence-electron chi connectivity index (χ1n) is 4.85. The number of rotatable bonds is 3. The Labute approximate surface area is 88.1 Å². The molecule has 15 heavy (non-hydrogen) atoms. The van der Waals surface area contributed by atoms with Crippen LogP contribution in [0, 0.1) is 6.92 Å². The molecule has 0 aliphatic rings. The van der Waals surface area contributed by atoms with Crippen LogP contribution in [0.25, 0.3) is 0 Å². The number of benzene rings is 1. The first kappa shape index (κ1) is 9.86. The SMILES string of the molecule is Cc1nc([C@@H](N)Cc2ccccc2)no1. The van der Waals surface area contributed by atoms with Gasteiger partial charge in [0.15, 0.2) is 5.82 Å². The molecule has 0 spiro atoms. The Kier molecular flexibility index (Phi) is 2.78. The molecule has 0 unspecified atom stereocenters. The van der Waals surface area contributed by atoms with Gasteiger partial charge >= 0.3 is 0 Å². The Morgan fingerprint density at radius 1 is 1.33 bits per heavy atom. The van der Waals surface area contributed by atoms with Gasteiger partial charge in [-0.05, 0) is 12.0 Å². The van der Waals surface area contributed by atoms with Gasteiger partial charge in [0.05, 0.1) is 6.04 Å². The number of hydrogen-bond donors (Lipinski definition) is 1. The molecule has 0 radical (unpaired) electrons. The Morgan fingerprint density at radius 2 is 2.07 bits per heavy atom. The third-order valence-electron chi connectivity index (χ3n) is 2.17. The minimum Gasteiger partial charge on any atom is -0.340 e. The summed E-state index contributed by atoms with van der Waals surface area (Å²) in [6, 6.07) is 9.82. The van der Waals surface area contributed by atoms with Crippen LogP contribution in [0.1, 0.15) is 23.3 Å². The molecule has 0 saturated heterocycles. The first-order valence-corrected chi connectivity index (χ1v) is 4.85. The van der Waals surface area contributed by atoms with E-state index in [9.17, 15) is 0 Å². The molecule has 2 aromatic rings. The van der Waals surface area contributed by atoms with Crippen LogP contribution in [0.4, 0.5) is 0 Å². The van der Waals surface area contributed by atoms with Gasteiger partial charge in [-0.1, -0.05) is 35.5 Å². The fraction of sp³-hybridized carbons (Fsp3) is 0.273. The lowest BCUT2D eigenvalue weighted by molar-refractivity contribution is 0.383. The summed E-state index contributed by atoms with van der Waals surface area (Å²) >= 11 is 0. The molecule has 2 rings (SSSR count). The van der Waals surface area contributed by atoms with Crippen LogP contribution in [-0.4, -0.2) is 10.1 Å². The van der Waals surface area contributed by atoms with Crippen molar-refractivity contribution in [1.29, 1.82) is 0 Å². The second kappa shape index (κ2) is 4.23. The van der Waals surface area contributed by atoms with Crippen LogP contribution >= 0.6 is 0 Å². The van der Waals surface area contributed by atoms with Crippen molar-refractivity contribution in [1.82, 2.24) is 10.1 Å². The largest absolute Gasteiger partial charge is 0.340 e. The van der Waals surface area contributed by atoms with Gasteiger partial charge in [0.2, 0.25) is 5.89 Å². The zero-order chi connectivity index (χ0) is 10.7. The molecular formula is C11H13N3O. The predicted octanol–water partition coefficient (Wildman–Crippen LogP) is 1.62. The van der Waals surface area contributed by atoms with Crippen LogP contribution < -0.4 is 5.73 Å². The van der Waals surface area contributed by atoms with E-state index < -0.39 is 0 Å². The maximum atomic E-state index is 5.96. The van der Waals surface area contributed by atoms with Gasteiger partial charge in [-0.2, -0.15) is 4.98 Å². The number of nitrogens with two attached hydrogens (primary N) is 1. The number of nitrogens with zero attached hydrogens (tertiary/aromatic N) is 2. The lowest BCUT2D eigenvalue weighted by atomic mass is 10.1. The summed E-state index contributed by atoms with van der Waals surface area (Å²) < 4.78 is 4.88. The van der Waals surface area contributed by atoms with Crippen LogP contribution in [-0.2, 0) is 6.42 Å². The van der Waals surface area contributed by atoms with Crippen molar-refractivity contribution in [3.05, 3.63) is 47.6 Å². The van der Waals surface area contributed by atoms with Crippen LogP contribution in [0.5, 0.6) is 0 Å². The fourth-order valence-electron chi connectivity index (χ4n) is 1.42. The van der Waals surface area contributed by atoms with Crippen molar-refractivity contribution < 1.29 is 4.52 Å². The van der Waals surface area contributed by atoms with E-state index in [-0.39, 0.29) is 6.04 Å². The second-order valence-electron chi connectivity index (χ2n) is 3.47. The summed E-state index contributed by atoms with van der Waals surface area (Å²) in [5.41, 5.74) is 7.13. The molecule has 78 valence electrons. The summed E-state index contributed by atoms with van der Waals surface area (Å²) in [6.07, 6.45) is 0.722. The fourth-order valence-corrected chi connectivity index (χ4v) is 1.42. The van der Waals surface area contributed by atoms with Crippen LogP contribution in [0.15, 0.2) is 34.9 Å². The summed E-state index contributed by atoms with van der Waals surface area (Å²) in [4.78, 5) is 4.10. The highest BCUT2D eigenvalue weighted by molar-refractivity contribution is 5.16. The summed E-state index contributed by atoms with van der Waals surface area (Å²) in [5, 5.41) is 3.80. The van der Waals surface area contributed by atoms with Crippen LogP contribution in [0.3, 0.4) is 0 Å². The van der Waals surface area contributed by atoms with E-state index in [1.54, 1.807) is 6.92 Å². The molecule has 1 heterocycles. The molecule has 1 aromatic heterocycles. The van der Waals surface area contributed by atoms with Crippen molar-refractivity contribution in [2.24, 2.45) is 5.73 Å². The maximum Gasteiger partial charge on any atom is 0.223 e. The van der Waals surface area contributed by atoms with Crippen molar-refractivity contribution in [3.8, 4) is 0 Å². The van der Waals surface area contributed by atoms with E-state index in [4.69, 9.17) is 10.3 Å². The minimum atomic E-state index is -0.204. The molecule has 0 fully saturated rings. The zero-order valence-electron chi connectivity index (χ0n) is 8.55. The van der Waals surface area contributed by atoms with Crippen molar-refractivity contribution in [2.75, 3.05) is 0 Å². The Balaban J connectivity index is 2.07. The molecular weight excluding hydrogens is 190 g/mol. The number of aryl methyl sites for hydroxylation is 1. The highest BCUT2D eigenvalue weighted by Gasteiger charge is 2.12. The van der Waals surface area contributed by atoms with E-state index >= 15 is 0 Å². The van der Waals surface area contributed by atoms with Crippen molar-refractivity contribution in [2.45, 2.75) is 19.4 Å². The van der Waals surface area contributed by atoms with Gasteiger partial charge in [-0.15, -0.1) is 0 Å². The lowest BCUT2D eigenvalue weighted by Crippen LogP contribution is -2.14. The third kappa shape index (κ3) is 2.41. The molecule has 4 nitrogen and oxygen atoms in total. The molecule has 2 N–H and O–H groups in total. The van der Waals surface area contributed by atoms with E-state index in [0.717, 1.165) is 6.42 Å². The Morgan fingerprint density at radius 3 is 2.67 bits per heavy atom. The van der Waals surface area contributed by atoms with E-state index in [1.807, 2.05) is 30.3 Å². The van der Waals surface area contributed by atoms with Gasteiger partial charge in [0.1, 0.15) is 0 Å². The van der Waals surface area contributed by atoms with Crippen LogP contribution in [0.2, 0.25) is 0 Å². The molecule has 0 aliphatic carbocycles. The molecule has 0 aliphatic heterocycles. The normalized spacial score (nSPS) is 12.7. The Bertz CT molecular complexity index is 424. The summed E-state index contributed by atoms with van der Waals surface area (Å²) in [7, 11) is 0. The van der Waals surface area contributed by atoms with Gasteiger partial charge < -0.3 is 10.3 Å². The summed E-state index contributed by atoms with van der Waals surface area (Å²) in [5.74, 6) is 1.12. The van der Waals surface area contributed by atoms with Crippen molar-refractivity contribution in [3.63, 3.8) is 0 Å². The predicted molar refractivity (Wildman–Crippen MR) is 56.1 cm³/mol. The van der Waals surface area contributed by atoms with E-state index in [1.165, 1.54) is 5.56 Å². The molecule has 4 heteroatoms. The van der Waals surface area contributed by atoms with Gasteiger partial charge in [-0.25, -0.2) is 0 Å². The number of aromatic nitrogens is 2. The van der Waals surface area contributed by atoms with Gasteiger partial charge in [0, 0.05) is 6.92 Å². The van der Waals surface area contributed by atoms with Gasteiger partial charge in [0.25, 0.3) is 0 Å². The second-order valence-corrected chi connectivity index (χ2v) is 3.47. The molecule has 0 saturated carbocycles. The monoisotopic (exact) mass is 203 g/mol. The Hall–Kier alpha value is -1.68. The first-order chi connectivity index (χ1) is 7.25. The minimum absolute atomic E-state index is 0.204. The molecule has 1 atom stereocenters. The quantitative estimate of drug-likeness (QED) is 0.823. The third-order valence-corrected chi connectivity index (χ3v) is 2.17.